The van der Waals surface area contributed by atoms with Crippen LogP contribution in [0.1, 0.15) is 17.3 Å². The number of hydrazine groups is 1. The maximum Gasteiger partial charge on any atom is 0.341 e. The highest BCUT2D eigenvalue weighted by Crippen LogP contribution is 2.28. The van der Waals surface area contributed by atoms with Crippen molar-refractivity contribution in [1.82, 2.24) is 4.98 Å². The first-order valence-electron chi connectivity index (χ1n) is 5.50. The zero-order chi connectivity index (χ0) is 14.0. The van der Waals surface area contributed by atoms with Gasteiger partial charge in [0.25, 0.3) is 0 Å². The predicted octanol–water partition coefficient (Wildman–Crippen LogP) is 1.98. The van der Waals surface area contributed by atoms with Crippen LogP contribution >= 0.6 is 0 Å². The molecule has 0 aliphatic carbocycles. The molecule has 100 valence electrons. The van der Waals surface area contributed by atoms with Gasteiger partial charge in [0.05, 0.1) is 12.3 Å². The van der Waals surface area contributed by atoms with Crippen LogP contribution in [0, 0.1) is 11.6 Å². The Morgan fingerprint density at radius 2 is 2.21 bits per heavy atom. The fraction of sp³-hybridized carbons (Fsp3) is 0.167. The number of esters is 1. The van der Waals surface area contributed by atoms with E-state index in [2.05, 4.69) is 10.4 Å². The first-order valence-corrected chi connectivity index (χ1v) is 5.50. The van der Waals surface area contributed by atoms with E-state index in [1.807, 2.05) is 0 Å². The van der Waals surface area contributed by atoms with Gasteiger partial charge in [0.15, 0.2) is 11.6 Å². The number of nitrogens with one attached hydrogen (secondary N) is 1. The van der Waals surface area contributed by atoms with Gasteiger partial charge in [-0.2, -0.15) is 0 Å². The fourth-order valence-corrected chi connectivity index (χ4v) is 1.73. The largest absolute Gasteiger partial charge is 0.462 e. The number of pyridine rings is 1. The van der Waals surface area contributed by atoms with E-state index < -0.39 is 17.6 Å². The lowest BCUT2D eigenvalue weighted by atomic mass is 10.1. The molecule has 0 spiro atoms. The van der Waals surface area contributed by atoms with Crippen LogP contribution in [-0.2, 0) is 4.74 Å². The smallest absolute Gasteiger partial charge is 0.341 e. The van der Waals surface area contributed by atoms with Crippen molar-refractivity contribution in [3.63, 3.8) is 0 Å². The van der Waals surface area contributed by atoms with Crippen molar-refractivity contribution in [2.45, 2.75) is 6.92 Å². The van der Waals surface area contributed by atoms with E-state index in [0.717, 1.165) is 12.3 Å². The summed E-state index contributed by atoms with van der Waals surface area (Å²) in [5, 5.41) is 0.201. The second kappa shape index (κ2) is 5.15. The highest BCUT2D eigenvalue weighted by atomic mass is 19.2. The van der Waals surface area contributed by atoms with Gasteiger partial charge in [0.2, 0.25) is 0 Å². The maximum absolute atomic E-state index is 13.6. The summed E-state index contributed by atoms with van der Waals surface area (Å²) in [5.74, 6) is 2.58. The molecule has 2 rings (SSSR count). The van der Waals surface area contributed by atoms with E-state index in [1.165, 1.54) is 6.07 Å². The summed E-state index contributed by atoms with van der Waals surface area (Å²) in [6, 6.07) is 2.23. The summed E-state index contributed by atoms with van der Waals surface area (Å²) in [6.07, 6.45) is 1.10. The number of benzene rings is 1. The number of nitrogens with zero attached hydrogens (tertiary/aromatic N) is 1. The van der Waals surface area contributed by atoms with Crippen LogP contribution in [0.15, 0.2) is 18.3 Å². The Labute approximate surface area is 107 Å². The number of carbonyl (C=O) groups excluding carboxylic acids is 1. The van der Waals surface area contributed by atoms with Crippen LogP contribution in [0.3, 0.4) is 0 Å². The molecule has 0 aliphatic heterocycles. The third-order valence-electron chi connectivity index (χ3n) is 2.57. The highest BCUT2D eigenvalue weighted by Gasteiger charge is 2.18. The molecule has 0 fully saturated rings. The first-order chi connectivity index (χ1) is 9.10. The van der Waals surface area contributed by atoms with E-state index in [1.54, 1.807) is 6.92 Å². The van der Waals surface area contributed by atoms with Gasteiger partial charge >= 0.3 is 5.97 Å². The van der Waals surface area contributed by atoms with Crippen LogP contribution in [0.5, 0.6) is 0 Å². The molecule has 0 aliphatic rings. The standard InChI is InChI=1S/C12H11F2N3O2/c1-2-19-12(18)7-5-16-11-6(10(7)17-15)3-4-8(13)9(11)14/h3-5H,2,15H2,1H3,(H,16,17). The van der Waals surface area contributed by atoms with Gasteiger partial charge in [0, 0.05) is 11.6 Å². The molecule has 0 atom stereocenters. The van der Waals surface area contributed by atoms with Crippen molar-refractivity contribution >= 4 is 22.6 Å². The number of anilines is 1. The van der Waals surface area contributed by atoms with Gasteiger partial charge in [-0.1, -0.05) is 0 Å². The van der Waals surface area contributed by atoms with Gasteiger partial charge in [-0.15, -0.1) is 0 Å². The Kier molecular flexibility index (Phi) is 3.57. The lowest BCUT2D eigenvalue weighted by Gasteiger charge is -2.11. The molecule has 1 aromatic heterocycles. The molecule has 1 aromatic carbocycles. The normalized spacial score (nSPS) is 10.5. The van der Waals surface area contributed by atoms with Crippen molar-refractivity contribution in [1.29, 1.82) is 0 Å². The van der Waals surface area contributed by atoms with Crippen LogP contribution in [0.4, 0.5) is 14.5 Å². The molecular formula is C12H11F2N3O2. The topological polar surface area (TPSA) is 77.2 Å². The van der Waals surface area contributed by atoms with Crippen molar-refractivity contribution in [2.75, 3.05) is 12.0 Å². The van der Waals surface area contributed by atoms with Crippen LogP contribution < -0.4 is 11.3 Å². The summed E-state index contributed by atoms with van der Waals surface area (Å²) >= 11 is 0. The molecule has 1 heterocycles. The third-order valence-corrected chi connectivity index (χ3v) is 2.57. The second-order valence-corrected chi connectivity index (χ2v) is 3.67. The number of aromatic nitrogens is 1. The summed E-state index contributed by atoms with van der Waals surface area (Å²) < 4.78 is 31.5. The van der Waals surface area contributed by atoms with Crippen molar-refractivity contribution in [3.05, 3.63) is 35.5 Å². The summed E-state index contributed by atoms with van der Waals surface area (Å²) in [7, 11) is 0. The van der Waals surface area contributed by atoms with Gasteiger partial charge in [0.1, 0.15) is 11.1 Å². The minimum Gasteiger partial charge on any atom is -0.462 e. The Morgan fingerprint density at radius 3 is 2.84 bits per heavy atom. The number of halogens is 2. The first kappa shape index (κ1) is 13.2. The van der Waals surface area contributed by atoms with Crippen LogP contribution in [0.25, 0.3) is 10.9 Å². The van der Waals surface area contributed by atoms with Crippen molar-refractivity contribution in [3.8, 4) is 0 Å². The zero-order valence-electron chi connectivity index (χ0n) is 10.0. The van der Waals surface area contributed by atoms with E-state index in [-0.39, 0.29) is 28.8 Å². The minimum absolute atomic E-state index is 0.0582. The lowest BCUT2D eigenvalue weighted by molar-refractivity contribution is 0.0527. The number of rotatable bonds is 3. The Morgan fingerprint density at radius 1 is 1.47 bits per heavy atom. The van der Waals surface area contributed by atoms with Gasteiger partial charge in [-0.05, 0) is 19.1 Å². The van der Waals surface area contributed by atoms with E-state index >= 15 is 0 Å². The van der Waals surface area contributed by atoms with Crippen molar-refractivity contribution < 1.29 is 18.3 Å². The zero-order valence-corrected chi connectivity index (χ0v) is 10.0. The van der Waals surface area contributed by atoms with Gasteiger partial charge in [-0.25, -0.2) is 13.6 Å². The molecule has 7 heteroatoms. The quantitative estimate of drug-likeness (QED) is 0.505. The average molecular weight is 267 g/mol. The number of nitrogen functional groups attached to an aromatic ring is 1. The number of nitrogens with two attached hydrogens (primary N) is 1. The summed E-state index contributed by atoms with van der Waals surface area (Å²) in [4.78, 5) is 15.4. The molecule has 2 aromatic rings. The molecule has 0 radical (unpaired) electrons. The summed E-state index contributed by atoms with van der Waals surface area (Å²) in [5.41, 5.74) is 2.29. The van der Waals surface area contributed by atoms with Crippen LogP contribution in [-0.4, -0.2) is 17.6 Å². The highest BCUT2D eigenvalue weighted by molar-refractivity contribution is 6.04. The molecule has 5 nitrogen and oxygen atoms in total. The molecule has 0 saturated carbocycles. The molecule has 0 saturated heterocycles. The SMILES string of the molecule is CCOC(=O)c1cnc2c(F)c(F)ccc2c1NN. The Balaban J connectivity index is 2.70. The van der Waals surface area contributed by atoms with Crippen molar-refractivity contribution in [2.24, 2.45) is 5.84 Å². The number of ether oxygens (including phenoxy) is 1. The number of carbonyl (C=O) groups is 1. The minimum atomic E-state index is -1.09. The average Bonchev–Trinajstić information content (AvgIpc) is 2.41. The van der Waals surface area contributed by atoms with Gasteiger partial charge in [-0.3, -0.25) is 10.8 Å². The number of hydrogen-bond acceptors (Lipinski definition) is 5. The molecule has 0 bridgehead atoms. The van der Waals surface area contributed by atoms with E-state index in [9.17, 15) is 13.6 Å². The van der Waals surface area contributed by atoms with Gasteiger partial charge < -0.3 is 10.2 Å². The molecule has 0 unspecified atom stereocenters. The van der Waals surface area contributed by atoms with E-state index in [4.69, 9.17) is 10.6 Å². The fourth-order valence-electron chi connectivity index (χ4n) is 1.73. The molecular weight excluding hydrogens is 256 g/mol. The summed E-state index contributed by atoms with van der Waals surface area (Å²) in [6.45, 7) is 1.83. The van der Waals surface area contributed by atoms with E-state index in [0.29, 0.717) is 0 Å². The molecule has 19 heavy (non-hydrogen) atoms. The molecule has 3 N–H and O–H groups in total. The predicted molar refractivity (Wildman–Crippen MR) is 65.4 cm³/mol. The monoisotopic (exact) mass is 267 g/mol. The number of hydrogen-bond donors (Lipinski definition) is 2. The number of fused-ring (bicyclic) bond motifs is 1. The lowest BCUT2D eigenvalue weighted by Crippen LogP contribution is -2.15. The third kappa shape index (κ3) is 2.19. The maximum atomic E-state index is 13.6. The Hall–Kier alpha value is -2.28. The Bertz CT molecular complexity index is 646. The van der Waals surface area contributed by atoms with Crippen LogP contribution in [0.2, 0.25) is 0 Å². The second-order valence-electron chi connectivity index (χ2n) is 3.67. The molecule has 0 amide bonds.